The van der Waals surface area contributed by atoms with Crippen LogP contribution >= 0.6 is 0 Å². The number of aryl methyl sites for hydroxylation is 3. The second kappa shape index (κ2) is 5.53. The molecule has 0 saturated carbocycles. The van der Waals surface area contributed by atoms with Gasteiger partial charge in [0, 0.05) is 11.9 Å². The van der Waals surface area contributed by atoms with Crippen molar-refractivity contribution in [2.24, 2.45) is 0 Å². The molecule has 0 amide bonds. The van der Waals surface area contributed by atoms with E-state index >= 15 is 0 Å². The molecule has 3 rings (SSSR count). The van der Waals surface area contributed by atoms with Crippen molar-refractivity contribution in [1.29, 1.82) is 0 Å². The van der Waals surface area contributed by atoms with Gasteiger partial charge >= 0.3 is 6.92 Å². The third-order valence-corrected chi connectivity index (χ3v) is 3.81. The Labute approximate surface area is 113 Å². The molecule has 1 N–H and O–H groups in total. The number of fused-ring (bicyclic) bond motifs is 1. The number of rotatable bonds is 3. The molecule has 1 aromatic carbocycles. The fourth-order valence-corrected chi connectivity index (χ4v) is 2.72. The number of hydrogen-bond acceptors (Lipinski definition) is 3. The number of hydrogen-bond donors (Lipinski definition) is 1. The monoisotopic (exact) mass is 252 g/mol. The lowest BCUT2D eigenvalue weighted by molar-refractivity contribution is 0.574. The maximum Gasteiger partial charge on any atom is 0.323 e. The maximum atomic E-state index is 10.1. The standard InChI is InChI=1S/C15H17BN2O/c19-16-8-1-2-13-5-3-12(10-15(13)16)4-6-14-7-9-17-11-18-14/h3,5,7,9-11,19H,1-2,4,6,8H2. The van der Waals surface area contributed by atoms with Crippen LogP contribution in [0.5, 0.6) is 0 Å². The van der Waals surface area contributed by atoms with Gasteiger partial charge < -0.3 is 5.02 Å². The zero-order valence-electron chi connectivity index (χ0n) is 10.9. The Morgan fingerprint density at radius 1 is 1.21 bits per heavy atom. The van der Waals surface area contributed by atoms with Crippen LogP contribution in [-0.2, 0) is 19.3 Å². The second-order valence-electron chi connectivity index (χ2n) is 5.14. The molecule has 3 nitrogen and oxygen atoms in total. The van der Waals surface area contributed by atoms with E-state index in [4.69, 9.17) is 0 Å². The normalized spacial score (nSPS) is 14.3. The highest BCUT2D eigenvalue weighted by Gasteiger charge is 2.22. The van der Waals surface area contributed by atoms with E-state index < -0.39 is 0 Å². The van der Waals surface area contributed by atoms with Crippen LogP contribution in [0.4, 0.5) is 0 Å². The molecule has 2 heterocycles. The molecule has 2 aromatic rings. The minimum absolute atomic E-state index is 0.275. The third-order valence-electron chi connectivity index (χ3n) is 3.81. The smallest absolute Gasteiger partial charge is 0.323 e. The average molecular weight is 252 g/mol. The van der Waals surface area contributed by atoms with Crippen molar-refractivity contribution in [2.45, 2.75) is 32.0 Å². The molecule has 0 atom stereocenters. The summed E-state index contributed by atoms with van der Waals surface area (Å²) >= 11 is 0. The molecule has 96 valence electrons. The van der Waals surface area contributed by atoms with Gasteiger partial charge in [0.1, 0.15) is 6.33 Å². The van der Waals surface area contributed by atoms with E-state index in [-0.39, 0.29) is 6.92 Å². The fourth-order valence-electron chi connectivity index (χ4n) is 2.72. The Balaban J connectivity index is 1.74. The highest BCUT2D eigenvalue weighted by molar-refractivity contribution is 6.67. The third kappa shape index (κ3) is 2.84. The summed E-state index contributed by atoms with van der Waals surface area (Å²) in [6.45, 7) is -0.275. The number of benzene rings is 1. The molecular weight excluding hydrogens is 235 g/mol. The van der Waals surface area contributed by atoms with Gasteiger partial charge in [0.15, 0.2) is 0 Å². The lowest BCUT2D eigenvalue weighted by Gasteiger charge is -2.19. The van der Waals surface area contributed by atoms with Gasteiger partial charge in [-0.05, 0) is 42.7 Å². The minimum Gasteiger partial charge on any atom is -0.446 e. The molecule has 1 aliphatic heterocycles. The molecule has 0 fully saturated rings. The van der Waals surface area contributed by atoms with E-state index in [1.165, 1.54) is 11.1 Å². The largest absolute Gasteiger partial charge is 0.446 e. The Hall–Kier alpha value is -1.68. The molecule has 0 unspecified atom stereocenters. The lowest BCUT2D eigenvalue weighted by Crippen LogP contribution is -2.36. The molecule has 19 heavy (non-hydrogen) atoms. The zero-order chi connectivity index (χ0) is 13.1. The van der Waals surface area contributed by atoms with Crippen molar-refractivity contribution in [1.82, 2.24) is 9.97 Å². The SMILES string of the molecule is OB1CCCc2ccc(CCc3ccncn3)cc21. The molecule has 0 aliphatic carbocycles. The molecule has 1 aromatic heterocycles. The first kappa shape index (κ1) is 12.4. The van der Waals surface area contributed by atoms with Crippen LogP contribution in [0.1, 0.15) is 23.2 Å². The zero-order valence-corrected chi connectivity index (χ0v) is 10.9. The van der Waals surface area contributed by atoms with E-state index in [0.717, 1.165) is 43.2 Å². The van der Waals surface area contributed by atoms with Crippen LogP contribution in [-0.4, -0.2) is 21.9 Å². The average Bonchev–Trinajstić information content (AvgIpc) is 2.47. The highest BCUT2D eigenvalue weighted by atomic mass is 16.2. The van der Waals surface area contributed by atoms with E-state index in [2.05, 4.69) is 28.2 Å². The Kier molecular flexibility index (Phi) is 3.60. The van der Waals surface area contributed by atoms with E-state index in [1.807, 2.05) is 6.07 Å². The van der Waals surface area contributed by atoms with Crippen LogP contribution in [0.2, 0.25) is 6.32 Å². The summed E-state index contributed by atoms with van der Waals surface area (Å²) in [7, 11) is 0. The van der Waals surface area contributed by atoms with Crippen molar-refractivity contribution >= 4 is 12.4 Å². The van der Waals surface area contributed by atoms with Gasteiger partial charge in [0.2, 0.25) is 0 Å². The fraction of sp³-hybridized carbons (Fsp3) is 0.333. The predicted molar refractivity (Wildman–Crippen MR) is 76.6 cm³/mol. The highest BCUT2D eigenvalue weighted by Crippen LogP contribution is 2.15. The first-order chi connectivity index (χ1) is 9.33. The number of nitrogens with zero attached hydrogens (tertiary/aromatic N) is 2. The van der Waals surface area contributed by atoms with Crippen molar-refractivity contribution in [3.63, 3.8) is 0 Å². The first-order valence-electron chi connectivity index (χ1n) is 6.87. The molecule has 0 saturated heterocycles. The molecule has 1 aliphatic rings. The first-order valence-corrected chi connectivity index (χ1v) is 6.87. The summed E-state index contributed by atoms with van der Waals surface area (Å²) < 4.78 is 0. The summed E-state index contributed by atoms with van der Waals surface area (Å²) in [5.41, 5.74) is 4.78. The Morgan fingerprint density at radius 3 is 3.00 bits per heavy atom. The summed E-state index contributed by atoms with van der Waals surface area (Å²) in [5, 5.41) is 10.1. The van der Waals surface area contributed by atoms with E-state index in [9.17, 15) is 5.02 Å². The van der Waals surface area contributed by atoms with Crippen molar-refractivity contribution in [3.8, 4) is 0 Å². The summed E-state index contributed by atoms with van der Waals surface area (Å²) in [4.78, 5) is 8.16. The molecule has 0 spiro atoms. The van der Waals surface area contributed by atoms with Crippen molar-refractivity contribution < 1.29 is 5.02 Å². The summed E-state index contributed by atoms with van der Waals surface area (Å²) in [5.74, 6) is 0. The number of aromatic nitrogens is 2. The van der Waals surface area contributed by atoms with E-state index in [1.54, 1.807) is 12.5 Å². The lowest BCUT2D eigenvalue weighted by atomic mass is 9.53. The summed E-state index contributed by atoms with van der Waals surface area (Å²) in [6.07, 6.45) is 8.31. The van der Waals surface area contributed by atoms with Crippen LogP contribution in [0.15, 0.2) is 36.8 Å². The van der Waals surface area contributed by atoms with Gasteiger partial charge in [-0.3, -0.25) is 0 Å². The molecule has 4 heteroatoms. The van der Waals surface area contributed by atoms with Gasteiger partial charge in [0.05, 0.1) is 0 Å². The molecule has 0 radical (unpaired) electrons. The van der Waals surface area contributed by atoms with Crippen LogP contribution in [0, 0.1) is 0 Å². The Morgan fingerprint density at radius 2 is 2.16 bits per heavy atom. The minimum atomic E-state index is -0.275. The van der Waals surface area contributed by atoms with Gasteiger partial charge in [-0.15, -0.1) is 0 Å². The van der Waals surface area contributed by atoms with Crippen molar-refractivity contribution in [2.75, 3.05) is 0 Å². The predicted octanol–water partition coefficient (Wildman–Crippen LogP) is 1.40. The maximum absolute atomic E-state index is 10.1. The quantitative estimate of drug-likeness (QED) is 0.840. The van der Waals surface area contributed by atoms with Gasteiger partial charge in [-0.2, -0.15) is 0 Å². The van der Waals surface area contributed by atoms with E-state index in [0.29, 0.717) is 0 Å². The molecular formula is C15H17BN2O. The molecule has 0 bridgehead atoms. The van der Waals surface area contributed by atoms with Crippen LogP contribution in [0.25, 0.3) is 0 Å². The van der Waals surface area contributed by atoms with Gasteiger partial charge in [0.25, 0.3) is 0 Å². The second-order valence-corrected chi connectivity index (χ2v) is 5.14. The van der Waals surface area contributed by atoms with Gasteiger partial charge in [-0.1, -0.05) is 30.2 Å². The Bertz CT molecular complexity index is 559. The van der Waals surface area contributed by atoms with Crippen LogP contribution in [0.3, 0.4) is 0 Å². The van der Waals surface area contributed by atoms with Crippen molar-refractivity contribution in [3.05, 3.63) is 53.6 Å². The topological polar surface area (TPSA) is 46.0 Å². The van der Waals surface area contributed by atoms with Gasteiger partial charge in [-0.25, -0.2) is 9.97 Å². The van der Waals surface area contributed by atoms with Crippen LogP contribution < -0.4 is 5.46 Å². The summed E-state index contributed by atoms with van der Waals surface area (Å²) in [6, 6.07) is 8.47.